The third-order valence-corrected chi connectivity index (χ3v) is 3.02. The molecule has 20 heavy (non-hydrogen) atoms. The topological polar surface area (TPSA) is 64.3 Å². The molecule has 4 heteroatoms. The summed E-state index contributed by atoms with van der Waals surface area (Å²) in [4.78, 5) is 11.7. The standard InChI is InChI=1S/C16H18N2O2/c1-11-3-4-12(2)13(9-11)10-20-16(19)18-15-7-5-14(17)6-8-15/h3-9H,10,17H2,1-2H3,(H,18,19). The molecule has 0 aliphatic heterocycles. The predicted octanol–water partition coefficient (Wildman–Crippen LogP) is 3.63. The number of benzene rings is 2. The molecule has 0 bridgehead atoms. The van der Waals surface area contributed by atoms with Crippen molar-refractivity contribution in [3.63, 3.8) is 0 Å². The number of nitrogens with two attached hydrogens (primary N) is 1. The van der Waals surface area contributed by atoms with Gasteiger partial charge < -0.3 is 10.5 Å². The zero-order valence-electron chi connectivity index (χ0n) is 11.6. The summed E-state index contributed by atoms with van der Waals surface area (Å²) in [5.41, 5.74) is 10.2. The van der Waals surface area contributed by atoms with E-state index in [-0.39, 0.29) is 6.61 Å². The molecule has 0 spiro atoms. The Morgan fingerprint density at radius 2 is 1.85 bits per heavy atom. The second kappa shape index (κ2) is 6.10. The molecule has 0 unspecified atom stereocenters. The van der Waals surface area contributed by atoms with Gasteiger partial charge in [-0.05, 0) is 49.2 Å². The molecule has 0 fully saturated rings. The van der Waals surface area contributed by atoms with E-state index in [2.05, 4.69) is 5.32 Å². The lowest BCUT2D eigenvalue weighted by Crippen LogP contribution is -2.13. The molecule has 0 aromatic heterocycles. The number of ether oxygens (including phenoxy) is 1. The molecule has 0 heterocycles. The highest BCUT2D eigenvalue weighted by atomic mass is 16.5. The zero-order chi connectivity index (χ0) is 14.5. The summed E-state index contributed by atoms with van der Waals surface area (Å²) in [6.07, 6.45) is -0.476. The summed E-state index contributed by atoms with van der Waals surface area (Å²) in [6.45, 7) is 4.27. The second-order valence-electron chi connectivity index (χ2n) is 4.75. The van der Waals surface area contributed by atoms with Crippen LogP contribution in [0, 0.1) is 13.8 Å². The first kappa shape index (κ1) is 13.9. The van der Waals surface area contributed by atoms with Gasteiger partial charge in [0.15, 0.2) is 0 Å². The van der Waals surface area contributed by atoms with E-state index in [0.29, 0.717) is 11.4 Å². The average Bonchev–Trinajstić information content (AvgIpc) is 2.42. The van der Waals surface area contributed by atoms with Crippen LogP contribution in [-0.2, 0) is 11.3 Å². The molecular weight excluding hydrogens is 252 g/mol. The Kier molecular flexibility index (Phi) is 4.25. The van der Waals surface area contributed by atoms with E-state index >= 15 is 0 Å². The number of hydrogen-bond donors (Lipinski definition) is 2. The maximum Gasteiger partial charge on any atom is 0.411 e. The molecule has 2 aromatic rings. The van der Waals surface area contributed by atoms with E-state index in [9.17, 15) is 4.79 Å². The van der Waals surface area contributed by atoms with Gasteiger partial charge in [-0.2, -0.15) is 0 Å². The summed E-state index contributed by atoms with van der Waals surface area (Å²) in [5.74, 6) is 0. The number of nitrogens with one attached hydrogen (secondary N) is 1. The maximum atomic E-state index is 11.7. The van der Waals surface area contributed by atoms with Crippen LogP contribution in [0.2, 0.25) is 0 Å². The first-order valence-corrected chi connectivity index (χ1v) is 6.40. The second-order valence-corrected chi connectivity index (χ2v) is 4.75. The minimum Gasteiger partial charge on any atom is -0.444 e. The fraction of sp³-hybridized carbons (Fsp3) is 0.188. The number of carbonyl (C=O) groups is 1. The minimum atomic E-state index is -0.476. The van der Waals surface area contributed by atoms with Crippen molar-refractivity contribution in [2.24, 2.45) is 0 Å². The van der Waals surface area contributed by atoms with Gasteiger partial charge in [-0.3, -0.25) is 5.32 Å². The normalized spacial score (nSPS) is 10.1. The van der Waals surface area contributed by atoms with Crippen LogP contribution in [-0.4, -0.2) is 6.09 Å². The highest BCUT2D eigenvalue weighted by Crippen LogP contribution is 2.13. The van der Waals surface area contributed by atoms with Crippen LogP contribution in [0.3, 0.4) is 0 Å². The zero-order valence-corrected chi connectivity index (χ0v) is 11.6. The molecule has 2 rings (SSSR count). The Hall–Kier alpha value is -2.49. The number of rotatable bonds is 3. The quantitative estimate of drug-likeness (QED) is 0.837. The molecule has 0 aliphatic rings. The monoisotopic (exact) mass is 270 g/mol. The fourth-order valence-electron chi connectivity index (χ4n) is 1.82. The van der Waals surface area contributed by atoms with Crippen molar-refractivity contribution in [2.45, 2.75) is 20.5 Å². The van der Waals surface area contributed by atoms with Crippen molar-refractivity contribution in [3.8, 4) is 0 Å². The molecular formula is C16H18N2O2. The van der Waals surface area contributed by atoms with Gasteiger partial charge in [-0.25, -0.2) is 4.79 Å². The molecule has 3 N–H and O–H groups in total. The van der Waals surface area contributed by atoms with Gasteiger partial charge in [0.1, 0.15) is 6.61 Å². The Morgan fingerprint density at radius 3 is 2.55 bits per heavy atom. The Bertz CT molecular complexity index is 606. The molecule has 0 saturated heterocycles. The number of hydrogen-bond acceptors (Lipinski definition) is 3. The van der Waals surface area contributed by atoms with Gasteiger partial charge in [0.25, 0.3) is 0 Å². The first-order valence-electron chi connectivity index (χ1n) is 6.40. The van der Waals surface area contributed by atoms with E-state index in [1.54, 1.807) is 24.3 Å². The van der Waals surface area contributed by atoms with E-state index in [1.807, 2.05) is 32.0 Å². The smallest absolute Gasteiger partial charge is 0.411 e. The van der Waals surface area contributed by atoms with Crippen LogP contribution >= 0.6 is 0 Å². The number of anilines is 2. The van der Waals surface area contributed by atoms with Crippen LogP contribution in [0.15, 0.2) is 42.5 Å². The van der Waals surface area contributed by atoms with Crippen molar-refractivity contribution >= 4 is 17.5 Å². The summed E-state index contributed by atoms with van der Waals surface area (Å²) >= 11 is 0. The molecule has 104 valence electrons. The van der Waals surface area contributed by atoms with Gasteiger partial charge in [-0.15, -0.1) is 0 Å². The molecule has 0 aliphatic carbocycles. The summed E-state index contributed by atoms with van der Waals surface area (Å²) in [7, 11) is 0. The van der Waals surface area contributed by atoms with Crippen molar-refractivity contribution in [1.82, 2.24) is 0 Å². The molecule has 0 atom stereocenters. The third kappa shape index (κ3) is 3.75. The van der Waals surface area contributed by atoms with Crippen LogP contribution in [0.5, 0.6) is 0 Å². The van der Waals surface area contributed by atoms with Gasteiger partial charge in [0.2, 0.25) is 0 Å². The Morgan fingerprint density at radius 1 is 1.15 bits per heavy atom. The minimum absolute atomic E-state index is 0.258. The number of aryl methyl sites for hydroxylation is 2. The van der Waals surface area contributed by atoms with E-state index in [4.69, 9.17) is 10.5 Å². The SMILES string of the molecule is Cc1ccc(C)c(COC(=O)Nc2ccc(N)cc2)c1. The van der Waals surface area contributed by atoms with E-state index < -0.39 is 6.09 Å². The van der Waals surface area contributed by atoms with Crippen LogP contribution in [0.25, 0.3) is 0 Å². The number of amides is 1. The molecule has 0 radical (unpaired) electrons. The summed E-state index contributed by atoms with van der Waals surface area (Å²) < 4.78 is 5.22. The van der Waals surface area contributed by atoms with Crippen LogP contribution in [0.4, 0.5) is 16.2 Å². The fourth-order valence-corrected chi connectivity index (χ4v) is 1.82. The summed E-state index contributed by atoms with van der Waals surface area (Å²) in [6, 6.07) is 13.0. The van der Waals surface area contributed by atoms with Crippen molar-refractivity contribution < 1.29 is 9.53 Å². The van der Waals surface area contributed by atoms with Crippen molar-refractivity contribution in [1.29, 1.82) is 0 Å². The molecule has 0 saturated carbocycles. The third-order valence-electron chi connectivity index (χ3n) is 3.02. The molecule has 4 nitrogen and oxygen atoms in total. The van der Waals surface area contributed by atoms with Gasteiger partial charge in [-0.1, -0.05) is 23.8 Å². The number of nitrogen functional groups attached to an aromatic ring is 1. The maximum absolute atomic E-state index is 11.7. The van der Waals surface area contributed by atoms with Crippen LogP contribution < -0.4 is 11.1 Å². The predicted molar refractivity (Wildman–Crippen MR) is 80.6 cm³/mol. The van der Waals surface area contributed by atoms with Crippen molar-refractivity contribution in [2.75, 3.05) is 11.1 Å². The highest BCUT2D eigenvalue weighted by Gasteiger charge is 2.05. The first-order chi connectivity index (χ1) is 9.54. The van der Waals surface area contributed by atoms with Gasteiger partial charge in [0.05, 0.1) is 0 Å². The van der Waals surface area contributed by atoms with Gasteiger partial charge >= 0.3 is 6.09 Å². The van der Waals surface area contributed by atoms with Crippen molar-refractivity contribution in [3.05, 3.63) is 59.2 Å². The largest absolute Gasteiger partial charge is 0.444 e. The van der Waals surface area contributed by atoms with E-state index in [1.165, 1.54) is 0 Å². The summed E-state index contributed by atoms with van der Waals surface area (Å²) in [5, 5.41) is 2.66. The van der Waals surface area contributed by atoms with Crippen LogP contribution in [0.1, 0.15) is 16.7 Å². The average molecular weight is 270 g/mol. The molecule has 2 aromatic carbocycles. The van der Waals surface area contributed by atoms with E-state index in [0.717, 1.165) is 16.7 Å². The Labute approximate surface area is 118 Å². The Balaban J connectivity index is 1.92. The number of carbonyl (C=O) groups excluding carboxylic acids is 1. The lowest BCUT2D eigenvalue weighted by atomic mass is 10.1. The van der Waals surface area contributed by atoms with Gasteiger partial charge in [0, 0.05) is 11.4 Å². The molecule has 1 amide bonds. The lowest BCUT2D eigenvalue weighted by Gasteiger charge is -2.09. The highest BCUT2D eigenvalue weighted by molar-refractivity contribution is 5.84. The lowest BCUT2D eigenvalue weighted by molar-refractivity contribution is 0.155.